The molecule has 1 aliphatic rings. The molecule has 0 unspecified atom stereocenters. The predicted molar refractivity (Wildman–Crippen MR) is 77.9 cm³/mol. The summed E-state index contributed by atoms with van der Waals surface area (Å²) < 4.78 is 32.3. The number of hydrogen-bond donors (Lipinski definition) is 1. The fourth-order valence-corrected chi connectivity index (χ4v) is 4.24. The van der Waals surface area contributed by atoms with Crippen molar-refractivity contribution < 1.29 is 13.2 Å². The fourth-order valence-electron chi connectivity index (χ4n) is 2.50. The summed E-state index contributed by atoms with van der Waals surface area (Å²) in [4.78, 5) is 0.372. The van der Waals surface area contributed by atoms with Crippen molar-refractivity contribution in [1.82, 2.24) is 4.31 Å². The van der Waals surface area contributed by atoms with Gasteiger partial charge in [0.25, 0.3) is 0 Å². The molecule has 20 heavy (non-hydrogen) atoms. The molecule has 0 aliphatic carbocycles. The number of sulfonamides is 1. The van der Waals surface area contributed by atoms with Crippen molar-refractivity contribution in [3.05, 3.63) is 29.3 Å². The second-order valence-electron chi connectivity index (χ2n) is 5.14. The Kier molecular flexibility index (Phi) is 4.80. The van der Waals surface area contributed by atoms with Crippen LogP contribution in [-0.4, -0.2) is 39.0 Å². The van der Waals surface area contributed by atoms with Gasteiger partial charge in [-0.2, -0.15) is 4.31 Å². The molecule has 2 N–H and O–H groups in total. The molecule has 0 bridgehead atoms. The van der Waals surface area contributed by atoms with E-state index in [1.54, 1.807) is 17.5 Å². The van der Waals surface area contributed by atoms with Crippen LogP contribution < -0.4 is 5.73 Å². The molecule has 2 rings (SSSR count). The van der Waals surface area contributed by atoms with Gasteiger partial charge < -0.3 is 10.5 Å². The summed E-state index contributed by atoms with van der Waals surface area (Å²) in [5.74, 6) is 0. The van der Waals surface area contributed by atoms with Crippen molar-refractivity contribution in [3.8, 4) is 0 Å². The molecule has 0 radical (unpaired) electrons. The van der Waals surface area contributed by atoms with Gasteiger partial charge >= 0.3 is 0 Å². The molecule has 0 atom stereocenters. The third-order valence-electron chi connectivity index (χ3n) is 3.84. The number of rotatable bonds is 4. The highest BCUT2D eigenvalue weighted by atomic mass is 32.2. The van der Waals surface area contributed by atoms with Gasteiger partial charge in [-0.1, -0.05) is 12.1 Å². The highest BCUT2D eigenvalue weighted by molar-refractivity contribution is 7.89. The van der Waals surface area contributed by atoms with Crippen molar-refractivity contribution in [2.75, 3.05) is 20.2 Å². The lowest BCUT2D eigenvalue weighted by molar-refractivity contribution is 0.0604. The number of piperidine rings is 1. The Morgan fingerprint density at radius 2 is 2.00 bits per heavy atom. The van der Waals surface area contributed by atoms with Crippen molar-refractivity contribution in [2.24, 2.45) is 5.73 Å². The van der Waals surface area contributed by atoms with Gasteiger partial charge in [0.05, 0.1) is 11.0 Å². The molecule has 6 heteroatoms. The van der Waals surface area contributed by atoms with Crippen LogP contribution in [0, 0.1) is 6.92 Å². The normalized spacial score (nSPS) is 18.4. The monoisotopic (exact) mass is 298 g/mol. The lowest BCUT2D eigenvalue weighted by Gasteiger charge is -2.30. The fraction of sp³-hybridized carbons (Fsp3) is 0.571. The smallest absolute Gasteiger partial charge is 0.243 e. The Bertz CT molecular complexity index is 564. The summed E-state index contributed by atoms with van der Waals surface area (Å²) in [6.07, 6.45) is 1.65. The SMILES string of the molecule is COC1CCN(S(=O)(=O)c2cc(CN)ccc2C)CC1. The van der Waals surface area contributed by atoms with E-state index in [2.05, 4.69) is 0 Å². The zero-order valence-corrected chi connectivity index (χ0v) is 12.8. The first-order chi connectivity index (χ1) is 9.48. The summed E-state index contributed by atoms with van der Waals surface area (Å²) in [6, 6.07) is 5.37. The molecule has 1 fully saturated rings. The lowest BCUT2D eigenvalue weighted by Crippen LogP contribution is -2.40. The summed E-state index contributed by atoms with van der Waals surface area (Å²) in [5, 5.41) is 0. The number of nitrogens with two attached hydrogens (primary N) is 1. The number of hydrogen-bond acceptors (Lipinski definition) is 4. The first-order valence-corrected chi connectivity index (χ1v) is 8.25. The average Bonchev–Trinajstić information content (AvgIpc) is 2.47. The average molecular weight is 298 g/mol. The van der Waals surface area contributed by atoms with Crippen LogP contribution in [0.5, 0.6) is 0 Å². The van der Waals surface area contributed by atoms with Gasteiger partial charge in [0.15, 0.2) is 0 Å². The van der Waals surface area contributed by atoms with Crippen LogP contribution in [0.2, 0.25) is 0 Å². The van der Waals surface area contributed by atoms with E-state index in [0.29, 0.717) is 24.5 Å². The van der Waals surface area contributed by atoms with E-state index < -0.39 is 10.0 Å². The molecule has 112 valence electrons. The van der Waals surface area contributed by atoms with Gasteiger partial charge in [0.2, 0.25) is 10.0 Å². The molecule has 0 spiro atoms. The zero-order chi connectivity index (χ0) is 14.8. The van der Waals surface area contributed by atoms with Crippen LogP contribution >= 0.6 is 0 Å². The third-order valence-corrected chi connectivity index (χ3v) is 5.88. The second kappa shape index (κ2) is 6.22. The van der Waals surface area contributed by atoms with Crippen molar-refractivity contribution in [3.63, 3.8) is 0 Å². The highest BCUT2D eigenvalue weighted by Gasteiger charge is 2.30. The van der Waals surface area contributed by atoms with Crippen LogP contribution in [-0.2, 0) is 21.3 Å². The maximum Gasteiger partial charge on any atom is 0.243 e. The zero-order valence-electron chi connectivity index (χ0n) is 12.0. The lowest BCUT2D eigenvalue weighted by atomic mass is 10.1. The summed E-state index contributed by atoms with van der Waals surface area (Å²) in [5.41, 5.74) is 7.20. The van der Waals surface area contributed by atoms with E-state index in [1.807, 2.05) is 19.1 Å². The molecule has 1 aliphatic heterocycles. The number of ether oxygens (including phenoxy) is 1. The summed E-state index contributed by atoms with van der Waals surface area (Å²) in [7, 11) is -1.76. The number of nitrogens with zero attached hydrogens (tertiary/aromatic N) is 1. The minimum absolute atomic E-state index is 0.165. The minimum Gasteiger partial charge on any atom is -0.381 e. The Hall–Kier alpha value is -0.950. The molecule has 1 aromatic rings. The van der Waals surface area contributed by atoms with Crippen LogP contribution in [0.4, 0.5) is 0 Å². The highest BCUT2D eigenvalue weighted by Crippen LogP contribution is 2.25. The first-order valence-electron chi connectivity index (χ1n) is 6.81. The van der Waals surface area contributed by atoms with Gasteiger partial charge in [-0.15, -0.1) is 0 Å². The summed E-state index contributed by atoms with van der Waals surface area (Å²) >= 11 is 0. The van der Waals surface area contributed by atoms with E-state index in [9.17, 15) is 8.42 Å². The second-order valence-corrected chi connectivity index (χ2v) is 7.05. The van der Waals surface area contributed by atoms with Crippen molar-refractivity contribution in [1.29, 1.82) is 0 Å². The summed E-state index contributed by atoms with van der Waals surface area (Å²) in [6.45, 7) is 3.17. The third kappa shape index (κ3) is 3.03. The van der Waals surface area contributed by atoms with Gasteiger partial charge in [-0.05, 0) is 37.0 Å². The molecule has 1 aromatic carbocycles. The Balaban J connectivity index is 2.27. The number of benzene rings is 1. The van der Waals surface area contributed by atoms with Crippen molar-refractivity contribution in [2.45, 2.75) is 37.3 Å². The maximum atomic E-state index is 12.7. The Labute approximate surface area is 120 Å². The molecule has 0 saturated carbocycles. The maximum absolute atomic E-state index is 12.7. The van der Waals surface area contributed by atoms with Crippen molar-refractivity contribution >= 4 is 10.0 Å². The molecule has 5 nitrogen and oxygen atoms in total. The largest absolute Gasteiger partial charge is 0.381 e. The number of aryl methyl sites for hydroxylation is 1. The van der Waals surface area contributed by atoms with E-state index in [0.717, 1.165) is 24.0 Å². The standard InChI is InChI=1S/C14H22N2O3S/c1-11-3-4-12(10-15)9-14(11)20(17,18)16-7-5-13(19-2)6-8-16/h3-4,9,13H,5-8,10,15H2,1-2H3. The number of methoxy groups -OCH3 is 1. The van der Waals surface area contributed by atoms with E-state index >= 15 is 0 Å². The van der Waals surface area contributed by atoms with Crippen LogP contribution in [0.15, 0.2) is 23.1 Å². The van der Waals surface area contributed by atoms with E-state index in [4.69, 9.17) is 10.5 Å². The minimum atomic E-state index is -3.43. The Morgan fingerprint density at radius 3 is 2.55 bits per heavy atom. The quantitative estimate of drug-likeness (QED) is 0.908. The van der Waals surface area contributed by atoms with Crippen LogP contribution in [0.1, 0.15) is 24.0 Å². The predicted octanol–water partition coefficient (Wildman–Crippen LogP) is 1.25. The molecule has 0 amide bonds. The molecular formula is C14H22N2O3S. The molecule has 1 heterocycles. The van der Waals surface area contributed by atoms with Gasteiger partial charge in [-0.25, -0.2) is 8.42 Å². The topological polar surface area (TPSA) is 72.6 Å². The molecule has 1 saturated heterocycles. The van der Waals surface area contributed by atoms with Gasteiger partial charge in [0, 0.05) is 26.7 Å². The molecular weight excluding hydrogens is 276 g/mol. The Morgan fingerprint density at radius 1 is 1.35 bits per heavy atom. The molecule has 0 aromatic heterocycles. The van der Waals surface area contributed by atoms with Gasteiger partial charge in [-0.3, -0.25) is 0 Å². The van der Waals surface area contributed by atoms with E-state index in [1.165, 1.54) is 0 Å². The van der Waals surface area contributed by atoms with Gasteiger partial charge in [0.1, 0.15) is 0 Å². The first kappa shape index (κ1) is 15.4. The van der Waals surface area contributed by atoms with Crippen LogP contribution in [0.25, 0.3) is 0 Å². The van der Waals surface area contributed by atoms with Crippen LogP contribution in [0.3, 0.4) is 0 Å². The van der Waals surface area contributed by atoms with E-state index in [-0.39, 0.29) is 6.10 Å².